The maximum Gasteiger partial charge on any atom is 0.416 e. The highest BCUT2D eigenvalue weighted by Gasteiger charge is 2.39. The molecular formula is C26H18ClF3N2O4. The third-order valence-corrected chi connectivity index (χ3v) is 5.63. The molecule has 0 aromatic heterocycles. The monoisotopic (exact) mass is 514 g/mol. The maximum atomic E-state index is 13.2. The number of amides is 4. The van der Waals surface area contributed by atoms with E-state index in [0.717, 1.165) is 23.3 Å². The third kappa shape index (κ3) is 5.41. The Morgan fingerprint density at radius 2 is 1.72 bits per heavy atom. The average molecular weight is 515 g/mol. The molecule has 0 bridgehead atoms. The first kappa shape index (κ1) is 25.0. The number of nitrogens with one attached hydrogen (secondary N) is 1. The fourth-order valence-corrected chi connectivity index (χ4v) is 3.65. The molecule has 1 aliphatic heterocycles. The van der Waals surface area contributed by atoms with E-state index in [4.69, 9.17) is 16.3 Å². The summed E-state index contributed by atoms with van der Waals surface area (Å²) in [5, 5.41) is 1.70. The molecule has 6 nitrogen and oxygen atoms in total. The number of nitrogens with zero attached hydrogens (tertiary/aromatic N) is 1. The van der Waals surface area contributed by atoms with Gasteiger partial charge in [-0.25, -0.2) is 9.69 Å². The molecule has 1 fully saturated rings. The summed E-state index contributed by atoms with van der Waals surface area (Å²) in [6.07, 6.45) is -3.51. The van der Waals surface area contributed by atoms with E-state index < -0.39 is 40.8 Å². The number of urea groups is 1. The zero-order chi connectivity index (χ0) is 26.0. The molecule has 1 saturated heterocycles. The van der Waals surface area contributed by atoms with Crippen molar-refractivity contribution >= 4 is 41.2 Å². The fourth-order valence-electron chi connectivity index (χ4n) is 3.45. The Hall–Kier alpha value is -4.11. The quantitative estimate of drug-likeness (QED) is 0.339. The van der Waals surface area contributed by atoms with Gasteiger partial charge >= 0.3 is 12.2 Å². The minimum Gasteiger partial charge on any atom is -0.489 e. The molecule has 4 rings (SSSR count). The number of hydrogen-bond acceptors (Lipinski definition) is 4. The second-order valence-electron chi connectivity index (χ2n) is 7.97. The molecule has 0 radical (unpaired) electrons. The molecule has 10 heteroatoms. The number of carbonyl (C=O) groups excluding carboxylic acids is 3. The second kappa shape index (κ2) is 9.87. The molecule has 1 aliphatic rings. The van der Waals surface area contributed by atoms with Gasteiger partial charge in [0.1, 0.15) is 17.9 Å². The number of carbonyl (C=O) groups is 3. The third-order valence-electron chi connectivity index (χ3n) is 5.31. The normalized spacial score (nSPS) is 15.3. The van der Waals surface area contributed by atoms with Crippen LogP contribution in [0.1, 0.15) is 22.3 Å². The van der Waals surface area contributed by atoms with Crippen LogP contribution in [0.4, 0.5) is 23.7 Å². The van der Waals surface area contributed by atoms with Crippen LogP contribution >= 0.6 is 11.6 Å². The van der Waals surface area contributed by atoms with Crippen molar-refractivity contribution in [2.24, 2.45) is 0 Å². The summed E-state index contributed by atoms with van der Waals surface area (Å²) in [6.45, 7) is 2.26. The zero-order valence-corrected chi connectivity index (χ0v) is 19.5. The largest absolute Gasteiger partial charge is 0.489 e. The number of ether oxygens (including phenoxy) is 1. The number of aryl methyl sites for hydroxylation is 1. The smallest absolute Gasteiger partial charge is 0.416 e. The number of imide groups is 2. The van der Waals surface area contributed by atoms with E-state index in [1.807, 2.05) is 36.5 Å². The summed E-state index contributed by atoms with van der Waals surface area (Å²) in [4.78, 5) is 38.3. The minimum atomic E-state index is -4.73. The van der Waals surface area contributed by atoms with Crippen molar-refractivity contribution in [2.75, 3.05) is 4.90 Å². The molecule has 1 heterocycles. The van der Waals surface area contributed by atoms with Gasteiger partial charge in [0.25, 0.3) is 11.8 Å². The van der Waals surface area contributed by atoms with Gasteiger partial charge in [-0.05, 0) is 54.5 Å². The van der Waals surface area contributed by atoms with Crippen LogP contribution in [0.25, 0.3) is 6.08 Å². The molecule has 0 spiro atoms. The van der Waals surface area contributed by atoms with E-state index in [1.165, 1.54) is 6.08 Å². The second-order valence-corrected chi connectivity index (χ2v) is 8.38. The molecule has 1 N–H and O–H groups in total. The lowest BCUT2D eigenvalue weighted by Gasteiger charge is -2.27. The number of anilines is 1. The Kier molecular flexibility index (Phi) is 6.85. The van der Waals surface area contributed by atoms with Gasteiger partial charge in [0, 0.05) is 0 Å². The van der Waals surface area contributed by atoms with Crippen molar-refractivity contribution in [3.63, 3.8) is 0 Å². The zero-order valence-electron chi connectivity index (χ0n) is 18.7. The highest BCUT2D eigenvalue weighted by atomic mass is 35.5. The highest BCUT2D eigenvalue weighted by molar-refractivity contribution is 6.42. The van der Waals surface area contributed by atoms with Gasteiger partial charge in [-0.15, -0.1) is 0 Å². The molecule has 3 aromatic carbocycles. The van der Waals surface area contributed by atoms with Crippen molar-refractivity contribution in [3.8, 4) is 5.75 Å². The number of benzene rings is 3. The van der Waals surface area contributed by atoms with Gasteiger partial charge in [-0.2, -0.15) is 13.2 Å². The Labute approximate surface area is 208 Å². The lowest BCUT2D eigenvalue weighted by molar-refractivity contribution is -0.137. The van der Waals surface area contributed by atoms with Gasteiger partial charge < -0.3 is 4.74 Å². The van der Waals surface area contributed by atoms with Crippen LogP contribution in [0.5, 0.6) is 5.75 Å². The van der Waals surface area contributed by atoms with Crippen molar-refractivity contribution in [2.45, 2.75) is 19.7 Å². The van der Waals surface area contributed by atoms with Crippen molar-refractivity contribution in [3.05, 3.63) is 99.6 Å². The number of halogens is 4. The van der Waals surface area contributed by atoms with Crippen LogP contribution < -0.4 is 15.0 Å². The summed E-state index contributed by atoms with van der Waals surface area (Å²) in [5.41, 5.74) is 0.393. The number of alkyl halides is 3. The fraction of sp³-hybridized carbons (Fsp3) is 0.115. The van der Waals surface area contributed by atoms with Gasteiger partial charge in [0.15, 0.2) is 0 Å². The first-order valence-corrected chi connectivity index (χ1v) is 11.0. The first-order valence-electron chi connectivity index (χ1n) is 10.6. The number of hydrogen-bond donors (Lipinski definition) is 1. The number of rotatable bonds is 5. The number of barbiturate groups is 1. The first-order chi connectivity index (χ1) is 17.0. The molecule has 0 atom stereocenters. The van der Waals surface area contributed by atoms with Crippen LogP contribution in [-0.2, 0) is 22.4 Å². The van der Waals surface area contributed by atoms with Crippen LogP contribution in [-0.4, -0.2) is 17.8 Å². The van der Waals surface area contributed by atoms with Gasteiger partial charge in [-0.3, -0.25) is 14.9 Å². The SMILES string of the molecule is Cc1ccc(COc2cccc(/C=C3\C(=O)NC(=O)N(c4cc(C(F)(F)F)ccc4Cl)C3=O)c2)cc1. The Bertz CT molecular complexity index is 1380. The van der Waals surface area contributed by atoms with E-state index in [0.29, 0.717) is 22.3 Å². The average Bonchev–Trinajstić information content (AvgIpc) is 2.82. The van der Waals surface area contributed by atoms with E-state index >= 15 is 0 Å². The minimum absolute atomic E-state index is 0.272. The van der Waals surface area contributed by atoms with E-state index in [1.54, 1.807) is 24.3 Å². The molecule has 0 saturated carbocycles. The van der Waals surface area contributed by atoms with Crippen LogP contribution in [0.2, 0.25) is 5.02 Å². The summed E-state index contributed by atoms with van der Waals surface area (Å²) in [7, 11) is 0. The van der Waals surface area contributed by atoms with Crippen LogP contribution in [0.3, 0.4) is 0 Å². The molecule has 0 unspecified atom stereocenters. The standard InChI is InChI=1S/C26H18ClF3N2O4/c1-15-5-7-16(8-6-15)14-36-19-4-2-3-17(11-19)12-20-23(33)31-25(35)32(24(20)34)22-13-18(26(28,29)30)9-10-21(22)27/h2-13H,14H2,1H3,(H,31,33,35)/b20-12+. The molecule has 184 valence electrons. The summed E-state index contributed by atoms with van der Waals surface area (Å²) < 4.78 is 45.3. The lowest BCUT2D eigenvalue weighted by atomic mass is 10.1. The van der Waals surface area contributed by atoms with Gasteiger partial charge in [0.2, 0.25) is 0 Å². The Balaban J connectivity index is 1.62. The van der Waals surface area contributed by atoms with Gasteiger partial charge in [0.05, 0.1) is 16.3 Å². The highest BCUT2D eigenvalue weighted by Crippen LogP contribution is 2.36. The van der Waals surface area contributed by atoms with E-state index in [9.17, 15) is 27.6 Å². The molecule has 0 aliphatic carbocycles. The van der Waals surface area contributed by atoms with Crippen molar-refractivity contribution < 1.29 is 32.3 Å². The van der Waals surface area contributed by atoms with Crippen molar-refractivity contribution in [1.82, 2.24) is 5.32 Å². The Morgan fingerprint density at radius 3 is 2.42 bits per heavy atom. The van der Waals surface area contributed by atoms with Crippen LogP contribution in [0, 0.1) is 6.92 Å². The Morgan fingerprint density at radius 1 is 1.00 bits per heavy atom. The van der Waals surface area contributed by atoms with Crippen LogP contribution in [0.15, 0.2) is 72.3 Å². The topological polar surface area (TPSA) is 75.7 Å². The summed E-state index contributed by atoms with van der Waals surface area (Å²) >= 11 is 6.01. The predicted molar refractivity (Wildman–Crippen MR) is 127 cm³/mol. The summed E-state index contributed by atoms with van der Waals surface area (Å²) in [5.74, 6) is -1.64. The van der Waals surface area contributed by atoms with E-state index in [-0.39, 0.29) is 11.6 Å². The molecule has 4 amide bonds. The summed E-state index contributed by atoms with van der Waals surface area (Å²) in [6, 6.07) is 15.3. The molecular weight excluding hydrogens is 497 g/mol. The van der Waals surface area contributed by atoms with E-state index in [2.05, 4.69) is 0 Å². The molecule has 36 heavy (non-hydrogen) atoms. The maximum absolute atomic E-state index is 13.2. The molecule has 3 aromatic rings. The lowest BCUT2D eigenvalue weighted by Crippen LogP contribution is -2.54. The predicted octanol–water partition coefficient (Wildman–Crippen LogP) is 5.91. The van der Waals surface area contributed by atoms with Gasteiger partial charge in [-0.1, -0.05) is 53.6 Å². The van der Waals surface area contributed by atoms with Crippen molar-refractivity contribution in [1.29, 1.82) is 0 Å².